The summed E-state index contributed by atoms with van der Waals surface area (Å²) in [5.74, 6) is -0.687. The minimum atomic E-state index is -0.741. The molecule has 0 spiro atoms. The van der Waals surface area contributed by atoms with E-state index in [1.54, 1.807) is 7.11 Å². The van der Waals surface area contributed by atoms with E-state index in [4.69, 9.17) is 4.74 Å². The molecule has 1 aliphatic carbocycles. The SMILES string of the molecule is COC1CCN(C2CCCC(NC(C)C)(C(=O)O)C2)CC1. The Kier molecular flexibility index (Phi) is 5.63. The summed E-state index contributed by atoms with van der Waals surface area (Å²) in [4.78, 5) is 14.3. The van der Waals surface area contributed by atoms with Gasteiger partial charge in [0.15, 0.2) is 0 Å². The number of nitrogens with zero attached hydrogens (tertiary/aromatic N) is 1. The van der Waals surface area contributed by atoms with Crippen LogP contribution in [0.4, 0.5) is 0 Å². The average Bonchev–Trinajstić information content (AvgIpc) is 2.47. The molecule has 2 N–H and O–H groups in total. The quantitative estimate of drug-likeness (QED) is 0.811. The molecule has 1 heterocycles. The number of piperidine rings is 1. The molecule has 1 saturated carbocycles. The fraction of sp³-hybridized carbons (Fsp3) is 0.938. The van der Waals surface area contributed by atoms with Crippen molar-refractivity contribution in [1.29, 1.82) is 0 Å². The number of carboxylic acid groups (broad SMARTS) is 1. The van der Waals surface area contributed by atoms with Crippen molar-refractivity contribution in [2.75, 3.05) is 20.2 Å². The minimum Gasteiger partial charge on any atom is -0.480 e. The molecule has 2 fully saturated rings. The van der Waals surface area contributed by atoms with Crippen LogP contribution in [0.2, 0.25) is 0 Å². The van der Waals surface area contributed by atoms with Crippen LogP contribution in [0.15, 0.2) is 0 Å². The number of rotatable bonds is 5. The van der Waals surface area contributed by atoms with Gasteiger partial charge in [0.25, 0.3) is 0 Å². The fourth-order valence-electron chi connectivity index (χ4n) is 3.97. The highest BCUT2D eigenvalue weighted by Crippen LogP contribution is 2.33. The topological polar surface area (TPSA) is 61.8 Å². The number of methoxy groups -OCH3 is 1. The van der Waals surface area contributed by atoms with Gasteiger partial charge in [-0.2, -0.15) is 0 Å². The lowest BCUT2D eigenvalue weighted by molar-refractivity contribution is -0.148. The largest absolute Gasteiger partial charge is 0.480 e. The van der Waals surface area contributed by atoms with Crippen LogP contribution in [0, 0.1) is 0 Å². The van der Waals surface area contributed by atoms with Crippen molar-refractivity contribution in [1.82, 2.24) is 10.2 Å². The summed E-state index contributed by atoms with van der Waals surface area (Å²) in [6, 6.07) is 0.581. The van der Waals surface area contributed by atoms with Gasteiger partial charge in [0.05, 0.1) is 6.10 Å². The van der Waals surface area contributed by atoms with E-state index in [-0.39, 0.29) is 6.04 Å². The Morgan fingerprint density at radius 3 is 2.52 bits per heavy atom. The van der Waals surface area contributed by atoms with E-state index in [1.165, 1.54) is 0 Å². The van der Waals surface area contributed by atoms with E-state index in [0.717, 1.165) is 51.6 Å². The third-order valence-corrected chi connectivity index (χ3v) is 5.03. The van der Waals surface area contributed by atoms with Crippen LogP contribution >= 0.6 is 0 Å². The van der Waals surface area contributed by atoms with Crippen LogP contribution in [0.1, 0.15) is 52.4 Å². The zero-order chi connectivity index (χ0) is 15.5. The van der Waals surface area contributed by atoms with Crippen LogP contribution in [0.5, 0.6) is 0 Å². The van der Waals surface area contributed by atoms with Crippen molar-refractivity contribution >= 4 is 5.97 Å². The first kappa shape index (κ1) is 16.7. The monoisotopic (exact) mass is 298 g/mol. The van der Waals surface area contributed by atoms with Gasteiger partial charge in [-0.05, 0) is 52.4 Å². The zero-order valence-electron chi connectivity index (χ0n) is 13.6. The normalized spacial score (nSPS) is 32.5. The minimum absolute atomic E-state index is 0.194. The Balaban J connectivity index is 2.00. The van der Waals surface area contributed by atoms with Crippen molar-refractivity contribution in [3.8, 4) is 0 Å². The van der Waals surface area contributed by atoms with Crippen molar-refractivity contribution in [2.24, 2.45) is 0 Å². The summed E-state index contributed by atoms with van der Waals surface area (Å²) < 4.78 is 5.43. The van der Waals surface area contributed by atoms with Gasteiger partial charge in [-0.1, -0.05) is 0 Å². The van der Waals surface area contributed by atoms with Crippen molar-refractivity contribution < 1.29 is 14.6 Å². The Morgan fingerprint density at radius 1 is 1.33 bits per heavy atom. The zero-order valence-corrected chi connectivity index (χ0v) is 13.6. The van der Waals surface area contributed by atoms with Crippen molar-refractivity contribution in [2.45, 2.75) is 76.1 Å². The molecule has 0 aromatic carbocycles. The van der Waals surface area contributed by atoms with Gasteiger partial charge in [-0.3, -0.25) is 10.1 Å². The molecule has 5 heteroatoms. The molecule has 122 valence electrons. The third kappa shape index (κ3) is 3.96. The lowest BCUT2D eigenvalue weighted by atomic mass is 9.77. The van der Waals surface area contributed by atoms with Gasteiger partial charge in [-0.25, -0.2) is 0 Å². The summed E-state index contributed by atoms with van der Waals surface area (Å²) in [6.45, 7) is 6.11. The molecular weight excluding hydrogens is 268 g/mol. The van der Waals surface area contributed by atoms with E-state index in [9.17, 15) is 9.90 Å². The summed E-state index contributed by atoms with van der Waals surface area (Å²) >= 11 is 0. The first-order valence-corrected chi connectivity index (χ1v) is 8.25. The third-order valence-electron chi connectivity index (χ3n) is 5.03. The Bertz CT molecular complexity index is 353. The Morgan fingerprint density at radius 2 is 2.00 bits per heavy atom. The summed E-state index contributed by atoms with van der Waals surface area (Å²) in [5.41, 5.74) is -0.741. The van der Waals surface area contributed by atoms with Crippen LogP contribution in [-0.4, -0.2) is 59.9 Å². The van der Waals surface area contributed by atoms with Crippen molar-refractivity contribution in [3.63, 3.8) is 0 Å². The molecule has 0 aromatic rings. The number of carboxylic acids is 1. The lowest BCUT2D eigenvalue weighted by Crippen LogP contribution is -2.60. The molecule has 2 unspecified atom stereocenters. The second kappa shape index (κ2) is 7.07. The van der Waals surface area contributed by atoms with Gasteiger partial charge in [0.2, 0.25) is 0 Å². The molecule has 0 radical (unpaired) electrons. The number of ether oxygens (including phenoxy) is 1. The first-order chi connectivity index (χ1) is 9.97. The van der Waals surface area contributed by atoms with E-state index in [0.29, 0.717) is 12.1 Å². The van der Waals surface area contributed by atoms with Gasteiger partial charge in [0.1, 0.15) is 5.54 Å². The summed E-state index contributed by atoms with van der Waals surface area (Å²) in [6.07, 6.45) is 6.06. The number of carbonyl (C=O) groups is 1. The first-order valence-electron chi connectivity index (χ1n) is 8.25. The molecule has 1 aliphatic heterocycles. The van der Waals surface area contributed by atoms with E-state index in [1.807, 2.05) is 13.8 Å². The summed E-state index contributed by atoms with van der Waals surface area (Å²) in [5, 5.41) is 13.1. The molecule has 0 amide bonds. The highest BCUT2D eigenvalue weighted by molar-refractivity contribution is 5.79. The number of nitrogens with one attached hydrogen (secondary N) is 1. The number of likely N-dealkylation sites (tertiary alicyclic amines) is 1. The van der Waals surface area contributed by atoms with Crippen LogP contribution < -0.4 is 5.32 Å². The highest BCUT2D eigenvalue weighted by atomic mass is 16.5. The lowest BCUT2D eigenvalue weighted by Gasteiger charge is -2.45. The molecular formula is C16H30N2O3. The molecule has 0 aromatic heterocycles. The molecule has 5 nitrogen and oxygen atoms in total. The highest BCUT2D eigenvalue weighted by Gasteiger charge is 2.44. The van der Waals surface area contributed by atoms with Crippen LogP contribution in [0.3, 0.4) is 0 Å². The standard InChI is InChI=1S/C16H30N2O3/c1-12(2)17-16(15(19)20)8-4-5-13(11-16)18-9-6-14(21-3)7-10-18/h12-14,17H,4-11H2,1-3H3,(H,19,20). The van der Waals surface area contributed by atoms with Crippen LogP contribution in [-0.2, 0) is 9.53 Å². The van der Waals surface area contributed by atoms with Crippen molar-refractivity contribution in [3.05, 3.63) is 0 Å². The Labute approximate surface area is 128 Å². The van der Waals surface area contributed by atoms with Gasteiger partial charge in [0, 0.05) is 32.3 Å². The summed E-state index contributed by atoms with van der Waals surface area (Å²) in [7, 11) is 1.78. The second-order valence-electron chi connectivity index (χ2n) is 6.91. The van der Waals surface area contributed by atoms with E-state index >= 15 is 0 Å². The maximum absolute atomic E-state index is 11.8. The maximum Gasteiger partial charge on any atom is 0.323 e. The molecule has 1 saturated heterocycles. The predicted molar refractivity (Wildman–Crippen MR) is 82.5 cm³/mol. The molecule has 2 atom stereocenters. The number of hydrogen-bond donors (Lipinski definition) is 2. The fourth-order valence-corrected chi connectivity index (χ4v) is 3.97. The number of hydrogen-bond acceptors (Lipinski definition) is 4. The smallest absolute Gasteiger partial charge is 0.323 e. The Hall–Kier alpha value is -0.650. The molecule has 2 rings (SSSR count). The molecule has 21 heavy (non-hydrogen) atoms. The van der Waals surface area contributed by atoms with Gasteiger partial charge in [-0.15, -0.1) is 0 Å². The predicted octanol–water partition coefficient (Wildman–Crippen LogP) is 1.86. The maximum atomic E-state index is 11.8. The number of aliphatic carboxylic acids is 1. The second-order valence-corrected chi connectivity index (χ2v) is 6.91. The molecule has 2 aliphatic rings. The molecule has 0 bridgehead atoms. The average molecular weight is 298 g/mol. The van der Waals surface area contributed by atoms with Gasteiger partial charge < -0.3 is 14.7 Å². The van der Waals surface area contributed by atoms with Crippen LogP contribution in [0.25, 0.3) is 0 Å². The van der Waals surface area contributed by atoms with E-state index < -0.39 is 11.5 Å². The van der Waals surface area contributed by atoms with E-state index in [2.05, 4.69) is 10.2 Å². The van der Waals surface area contributed by atoms with Gasteiger partial charge >= 0.3 is 5.97 Å².